The monoisotopic (exact) mass is 302 g/mol. The number of hydrogen-bond donors (Lipinski definition) is 0. The first-order chi connectivity index (χ1) is 7.30. The molecular formula is C10H18BrF3N2. The summed E-state index contributed by atoms with van der Waals surface area (Å²) in [6.07, 6.45) is -2.24. The Labute approximate surface area is 103 Å². The second kappa shape index (κ2) is 5.69. The number of halogens is 4. The molecule has 1 aliphatic rings. The topological polar surface area (TPSA) is 6.48 Å². The molecule has 1 unspecified atom stereocenters. The number of rotatable bonds is 3. The summed E-state index contributed by atoms with van der Waals surface area (Å²) in [4.78, 5) is 2.62. The zero-order valence-corrected chi connectivity index (χ0v) is 11.2. The number of hydrogen-bond acceptors (Lipinski definition) is 2. The number of alkyl halides is 4. The second-order valence-electron chi connectivity index (χ2n) is 4.50. The highest BCUT2D eigenvalue weighted by Crippen LogP contribution is 2.28. The van der Waals surface area contributed by atoms with Gasteiger partial charge in [0.2, 0.25) is 0 Å². The van der Waals surface area contributed by atoms with Crippen LogP contribution in [0.3, 0.4) is 0 Å². The molecule has 1 atom stereocenters. The summed E-state index contributed by atoms with van der Waals surface area (Å²) in [7, 11) is 4.03. The van der Waals surface area contributed by atoms with Crippen LogP contribution in [0.4, 0.5) is 13.2 Å². The van der Waals surface area contributed by atoms with Gasteiger partial charge >= 0.3 is 6.18 Å². The van der Waals surface area contributed by atoms with Crippen molar-refractivity contribution in [2.24, 2.45) is 0 Å². The normalized spacial score (nSPS) is 22.7. The van der Waals surface area contributed by atoms with Crippen molar-refractivity contribution in [1.82, 2.24) is 9.80 Å². The molecule has 6 heteroatoms. The summed E-state index contributed by atoms with van der Waals surface area (Å²) in [5.41, 5.74) is 0. The zero-order chi connectivity index (χ0) is 12.3. The Hall–Kier alpha value is 0.190. The fourth-order valence-corrected chi connectivity index (χ4v) is 2.36. The summed E-state index contributed by atoms with van der Waals surface area (Å²) in [6.45, 7) is 1.56. The molecule has 16 heavy (non-hydrogen) atoms. The lowest BCUT2D eigenvalue weighted by atomic mass is 10.0. The van der Waals surface area contributed by atoms with Crippen LogP contribution in [0.1, 0.15) is 12.8 Å². The Morgan fingerprint density at radius 2 is 1.81 bits per heavy atom. The molecule has 2 nitrogen and oxygen atoms in total. The minimum Gasteiger partial charge on any atom is -0.306 e. The van der Waals surface area contributed by atoms with E-state index in [0.717, 1.165) is 25.9 Å². The van der Waals surface area contributed by atoms with Gasteiger partial charge in [-0.3, -0.25) is 0 Å². The molecule has 0 N–H and O–H groups in total. The van der Waals surface area contributed by atoms with Crippen molar-refractivity contribution < 1.29 is 13.2 Å². The van der Waals surface area contributed by atoms with E-state index in [9.17, 15) is 13.2 Å². The fourth-order valence-electron chi connectivity index (χ4n) is 1.95. The van der Waals surface area contributed by atoms with Crippen LogP contribution >= 0.6 is 15.9 Å². The molecule has 96 valence electrons. The van der Waals surface area contributed by atoms with Gasteiger partial charge in [0.1, 0.15) is 4.83 Å². The van der Waals surface area contributed by atoms with Crippen LogP contribution in [0.2, 0.25) is 0 Å². The van der Waals surface area contributed by atoms with E-state index in [-0.39, 0.29) is 6.54 Å². The van der Waals surface area contributed by atoms with Crippen molar-refractivity contribution in [1.29, 1.82) is 0 Å². The predicted octanol–water partition coefficient (Wildman–Crippen LogP) is 2.34. The van der Waals surface area contributed by atoms with Gasteiger partial charge in [0.15, 0.2) is 0 Å². The Morgan fingerprint density at radius 3 is 2.19 bits per heavy atom. The molecule has 0 aromatic rings. The van der Waals surface area contributed by atoms with E-state index in [2.05, 4.69) is 20.8 Å². The minimum atomic E-state index is -4.14. The summed E-state index contributed by atoms with van der Waals surface area (Å²) in [6, 6.07) is 0.510. The maximum atomic E-state index is 12.3. The van der Waals surface area contributed by atoms with Crippen LogP contribution in [0, 0.1) is 0 Å². The fraction of sp³-hybridized carbons (Fsp3) is 1.00. The Bertz CT molecular complexity index is 213. The smallest absolute Gasteiger partial charge is 0.306 e. The standard InChI is InChI=1S/C10H18BrF3N2/c1-15(2)8-3-5-16(6-4-8)7-9(11)10(12,13)14/h8-9H,3-7H2,1-2H3. The molecule has 0 aliphatic carbocycles. The van der Waals surface area contributed by atoms with Crippen LogP contribution in [0.25, 0.3) is 0 Å². The van der Waals surface area contributed by atoms with Crippen molar-refractivity contribution in [2.75, 3.05) is 33.7 Å². The van der Waals surface area contributed by atoms with Crippen molar-refractivity contribution in [3.8, 4) is 0 Å². The van der Waals surface area contributed by atoms with Gasteiger partial charge in [-0.25, -0.2) is 0 Å². The Kier molecular flexibility index (Phi) is 5.07. The van der Waals surface area contributed by atoms with E-state index in [1.54, 1.807) is 0 Å². The number of piperidine rings is 1. The molecule has 0 aromatic heterocycles. The maximum Gasteiger partial charge on any atom is 0.402 e. The number of nitrogens with zero attached hydrogens (tertiary/aromatic N) is 2. The summed E-state index contributed by atoms with van der Waals surface area (Å²) in [5.74, 6) is 0. The van der Waals surface area contributed by atoms with Crippen molar-refractivity contribution in [3.05, 3.63) is 0 Å². The highest BCUT2D eigenvalue weighted by Gasteiger charge is 2.39. The first kappa shape index (κ1) is 14.3. The molecule has 0 amide bonds. The lowest BCUT2D eigenvalue weighted by Gasteiger charge is -2.36. The minimum absolute atomic E-state index is 0.0592. The van der Waals surface area contributed by atoms with E-state index in [1.807, 2.05) is 19.0 Å². The van der Waals surface area contributed by atoms with Crippen molar-refractivity contribution in [2.45, 2.75) is 29.9 Å². The Balaban J connectivity index is 2.32. The van der Waals surface area contributed by atoms with Gasteiger partial charge in [0, 0.05) is 12.6 Å². The predicted molar refractivity (Wildman–Crippen MR) is 61.9 cm³/mol. The van der Waals surface area contributed by atoms with Crippen LogP contribution < -0.4 is 0 Å². The quantitative estimate of drug-likeness (QED) is 0.739. The lowest BCUT2D eigenvalue weighted by Crippen LogP contribution is -2.45. The molecule has 1 fully saturated rings. The van der Waals surface area contributed by atoms with Gasteiger partial charge in [-0.1, -0.05) is 15.9 Å². The van der Waals surface area contributed by atoms with E-state index < -0.39 is 11.0 Å². The Morgan fingerprint density at radius 1 is 1.31 bits per heavy atom. The third-order valence-electron chi connectivity index (χ3n) is 3.06. The summed E-state index contributed by atoms with van der Waals surface area (Å²) in [5, 5.41) is 0. The van der Waals surface area contributed by atoms with Gasteiger partial charge in [-0.2, -0.15) is 13.2 Å². The molecule has 1 aliphatic heterocycles. The van der Waals surface area contributed by atoms with Gasteiger partial charge in [0.05, 0.1) is 0 Å². The molecule has 1 saturated heterocycles. The molecule has 0 aromatic carbocycles. The lowest BCUT2D eigenvalue weighted by molar-refractivity contribution is -0.131. The van der Waals surface area contributed by atoms with Crippen LogP contribution in [0.5, 0.6) is 0 Å². The molecule has 1 heterocycles. The van der Waals surface area contributed by atoms with Crippen molar-refractivity contribution in [3.63, 3.8) is 0 Å². The molecule has 1 rings (SSSR count). The van der Waals surface area contributed by atoms with Crippen molar-refractivity contribution >= 4 is 15.9 Å². The van der Waals surface area contributed by atoms with Crippen LogP contribution in [-0.4, -0.2) is 60.6 Å². The molecule has 0 radical (unpaired) electrons. The molecule has 0 saturated carbocycles. The highest BCUT2D eigenvalue weighted by atomic mass is 79.9. The van der Waals surface area contributed by atoms with Gasteiger partial charge in [0.25, 0.3) is 0 Å². The third-order valence-corrected chi connectivity index (χ3v) is 3.87. The maximum absolute atomic E-state index is 12.3. The van der Waals surface area contributed by atoms with Crippen LogP contribution in [0.15, 0.2) is 0 Å². The second-order valence-corrected chi connectivity index (χ2v) is 5.61. The molecule has 0 bridgehead atoms. The molecule has 0 spiro atoms. The molecular weight excluding hydrogens is 285 g/mol. The van der Waals surface area contributed by atoms with Gasteiger partial charge < -0.3 is 9.80 Å². The van der Waals surface area contributed by atoms with E-state index >= 15 is 0 Å². The van der Waals surface area contributed by atoms with Gasteiger partial charge in [-0.15, -0.1) is 0 Å². The average Bonchev–Trinajstić information content (AvgIpc) is 2.17. The SMILES string of the molecule is CN(C)C1CCN(CC(Br)C(F)(F)F)CC1. The average molecular weight is 303 g/mol. The third kappa shape index (κ3) is 4.22. The summed E-state index contributed by atoms with van der Waals surface area (Å²) < 4.78 is 37.0. The first-order valence-corrected chi connectivity index (χ1v) is 6.32. The van der Waals surface area contributed by atoms with Crippen LogP contribution in [-0.2, 0) is 0 Å². The van der Waals surface area contributed by atoms with Gasteiger partial charge in [-0.05, 0) is 40.0 Å². The zero-order valence-electron chi connectivity index (χ0n) is 9.60. The first-order valence-electron chi connectivity index (χ1n) is 5.40. The number of likely N-dealkylation sites (tertiary alicyclic amines) is 1. The van der Waals surface area contributed by atoms with E-state index in [4.69, 9.17) is 0 Å². The largest absolute Gasteiger partial charge is 0.402 e. The van der Waals surface area contributed by atoms with E-state index in [0.29, 0.717) is 6.04 Å². The van der Waals surface area contributed by atoms with E-state index in [1.165, 1.54) is 0 Å². The highest BCUT2D eigenvalue weighted by molar-refractivity contribution is 9.09. The summed E-state index contributed by atoms with van der Waals surface area (Å²) >= 11 is 2.70.